The standard InChI is InChI=1S/C12H13.2ClH.Zr/c1-9-7-8-10(2)12(9)11-5-3-4-6-11;;;/h3-5,7-8H,6H2,1-2H3;2*1H;/q-1;;;+3/p-2. The monoisotopic (exact) mass is 317 g/mol. The topological polar surface area (TPSA) is 0 Å². The molecule has 79 valence electrons. The molecular weight excluding hydrogens is 306 g/mol. The van der Waals surface area contributed by atoms with Crippen LogP contribution in [0.15, 0.2) is 30.4 Å². The van der Waals surface area contributed by atoms with Crippen molar-refractivity contribution in [3.8, 4) is 0 Å². The van der Waals surface area contributed by atoms with Gasteiger partial charge in [0.25, 0.3) is 0 Å². The van der Waals surface area contributed by atoms with Gasteiger partial charge in [0, 0.05) is 0 Å². The van der Waals surface area contributed by atoms with Gasteiger partial charge in [-0.05, 0) is 6.42 Å². The summed E-state index contributed by atoms with van der Waals surface area (Å²) in [5, 5.41) is 0. The molecule has 0 nitrogen and oxygen atoms in total. The number of aryl methyl sites for hydroxylation is 2. The average molecular weight is 319 g/mol. The summed E-state index contributed by atoms with van der Waals surface area (Å²) in [7, 11) is 0. The molecule has 0 heterocycles. The second kappa shape index (κ2) is 7.55. The van der Waals surface area contributed by atoms with Gasteiger partial charge < -0.3 is 24.8 Å². The normalized spacial score (nSPS) is 12.3. The number of allylic oxidation sites excluding steroid dienone is 4. The Morgan fingerprint density at radius 2 is 1.93 bits per heavy atom. The molecule has 0 unspecified atom stereocenters. The molecule has 0 amide bonds. The molecule has 0 atom stereocenters. The Bertz CT molecular complexity index is 342. The summed E-state index contributed by atoms with van der Waals surface area (Å²) in [6.45, 7) is 4.36. The van der Waals surface area contributed by atoms with Crippen molar-refractivity contribution in [2.45, 2.75) is 20.3 Å². The van der Waals surface area contributed by atoms with Gasteiger partial charge >= 0.3 is 26.2 Å². The molecular formula is C12H13Cl2Zr. The van der Waals surface area contributed by atoms with Gasteiger partial charge in [-0.25, -0.2) is 0 Å². The summed E-state index contributed by atoms with van der Waals surface area (Å²) in [5.41, 5.74) is 5.74. The van der Waals surface area contributed by atoms with Crippen LogP contribution >= 0.6 is 0 Å². The Labute approximate surface area is 123 Å². The molecule has 0 spiro atoms. The third-order valence-electron chi connectivity index (χ3n) is 2.46. The first kappa shape index (κ1) is 17.7. The summed E-state index contributed by atoms with van der Waals surface area (Å²) in [5.74, 6) is 0. The van der Waals surface area contributed by atoms with Crippen LogP contribution in [0.2, 0.25) is 0 Å². The minimum Gasteiger partial charge on any atom is -1.00 e. The molecule has 2 rings (SSSR count). The molecule has 0 saturated heterocycles. The van der Waals surface area contributed by atoms with E-state index in [4.69, 9.17) is 0 Å². The Kier molecular flexibility index (Phi) is 8.90. The number of hydrogen-bond donors (Lipinski definition) is 0. The largest absolute Gasteiger partial charge is 3.00 e. The van der Waals surface area contributed by atoms with Crippen LogP contribution in [0.3, 0.4) is 0 Å². The van der Waals surface area contributed by atoms with Crippen LogP contribution in [0.25, 0.3) is 5.57 Å². The van der Waals surface area contributed by atoms with Crippen molar-refractivity contribution >= 4 is 5.57 Å². The van der Waals surface area contributed by atoms with Gasteiger partial charge in [-0.3, -0.25) is 0 Å². The van der Waals surface area contributed by atoms with Gasteiger partial charge in [0.15, 0.2) is 0 Å². The summed E-state index contributed by atoms with van der Waals surface area (Å²) in [6, 6.07) is 4.40. The van der Waals surface area contributed by atoms with Crippen molar-refractivity contribution in [2.75, 3.05) is 0 Å². The van der Waals surface area contributed by atoms with E-state index in [0.29, 0.717) is 0 Å². The molecule has 1 radical (unpaired) electrons. The van der Waals surface area contributed by atoms with E-state index in [9.17, 15) is 0 Å². The maximum absolute atomic E-state index is 2.22. The van der Waals surface area contributed by atoms with Gasteiger partial charge in [0.1, 0.15) is 0 Å². The quantitative estimate of drug-likeness (QED) is 0.497. The van der Waals surface area contributed by atoms with E-state index in [0.717, 1.165) is 6.42 Å². The molecule has 1 aliphatic carbocycles. The second-order valence-corrected chi connectivity index (χ2v) is 3.40. The summed E-state index contributed by atoms with van der Waals surface area (Å²) >= 11 is 0. The summed E-state index contributed by atoms with van der Waals surface area (Å²) < 4.78 is 0. The third-order valence-corrected chi connectivity index (χ3v) is 2.46. The number of halogens is 2. The van der Waals surface area contributed by atoms with Gasteiger partial charge in [-0.1, -0.05) is 26.0 Å². The molecule has 1 aromatic rings. The maximum Gasteiger partial charge on any atom is 3.00 e. The molecule has 0 aliphatic heterocycles. The van der Waals surface area contributed by atoms with Crippen molar-refractivity contribution in [1.29, 1.82) is 0 Å². The van der Waals surface area contributed by atoms with Crippen molar-refractivity contribution in [1.82, 2.24) is 0 Å². The van der Waals surface area contributed by atoms with Crippen molar-refractivity contribution in [3.05, 3.63) is 47.1 Å². The molecule has 0 fully saturated rings. The van der Waals surface area contributed by atoms with Crippen LogP contribution in [-0.2, 0) is 26.2 Å². The van der Waals surface area contributed by atoms with E-state index in [1.807, 2.05) is 0 Å². The van der Waals surface area contributed by atoms with E-state index in [-0.39, 0.29) is 51.0 Å². The Balaban J connectivity index is 0. The minimum atomic E-state index is 0. The first-order chi connectivity index (χ1) is 5.79. The fraction of sp³-hybridized carbons (Fsp3) is 0.250. The minimum absolute atomic E-state index is 0. The Morgan fingerprint density at radius 3 is 2.33 bits per heavy atom. The van der Waals surface area contributed by atoms with Crippen molar-refractivity contribution in [2.24, 2.45) is 0 Å². The van der Waals surface area contributed by atoms with Gasteiger partial charge in [0.2, 0.25) is 0 Å². The predicted octanol–water partition coefficient (Wildman–Crippen LogP) is -2.63. The molecule has 15 heavy (non-hydrogen) atoms. The van der Waals surface area contributed by atoms with Crippen LogP contribution < -0.4 is 24.8 Å². The number of rotatable bonds is 1. The van der Waals surface area contributed by atoms with Gasteiger partial charge in [0.05, 0.1) is 0 Å². The number of hydrogen-bond acceptors (Lipinski definition) is 0. The van der Waals surface area contributed by atoms with E-state index in [1.54, 1.807) is 0 Å². The summed E-state index contributed by atoms with van der Waals surface area (Å²) in [4.78, 5) is 0. The SMILES string of the molecule is Cc1cc[c-](C)c1C1=CC=CC1.[Cl-].[Cl-].[Zr+3]. The predicted molar refractivity (Wildman–Crippen MR) is 53.2 cm³/mol. The van der Waals surface area contributed by atoms with Crippen LogP contribution in [0, 0.1) is 13.8 Å². The molecule has 0 saturated carbocycles. The third kappa shape index (κ3) is 3.66. The maximum atomic E-state index is 2.22. The van der Waals surface area contributed by atoms with E-state index in [2.05, 4.69) is 44.2 Å². The zero-order valence-corrected chi connectivity index (χ0v) is 12.8. The van der Waals surface area contributed by atoms with E-state index >= 15 is 0 Å². The van der Waals surface area contributed by atoms with Gasteiger partial charge in [-0.2, -0.15) is 17.7 Å². The molecule has 1 aromatic carbocycles. The summed E-state index contributed by atoms with van der Waals surface area (Å²) in [6.07, 6.45) is 7.67. The first-order valence-electron chi connectivity index (χ1n) is 4.38. The first-order valence-corrected chi connectivity index (χ1v) is 4.38. The zero-order chi connectivity index (χ0) is 8.55. The molecule has 0 bridgehead atoms. The molecule has 1 aliphatic rings. The Morgan fingerprint density at radius 1 is 1.27 bits per heavy atom. The smallest absolute Gasteiger partial charge is 1.00 e. The van der Waals surface area contributed by atoms with Crippen molar-refractivity contribution in [3.63, 3.8) is 0 Å². The molecule has 0 N–H and O–H groups in total. The molecule has 0 aromatic heterocycles. The average Bonchev–Trinajstić information content (AvgIpc) is 2.61. The fourth-order valence-electron chi connectivity index (χ4n) is 1.87. The van der Waals surface area contributed by atoms with Crippen molar-refractivity contribution < 1.29 is 51.0 Å². The van der Waals surface area contributed by atoms with Crippen LogP contribution in [0.4, 0.5) is 0 Å². The van der Waals surface area contributed by atoms with E-state index < -0.39 is 0 Å². The van der Waals surface area contributed by atoms with Crippen LogP contribution in [0.1, 0.15) is 23.1 Å². The zero-order valence-electron chi connectivity index (χ0n) is 8.85. The molecule has 3 heteroatoms. The second-order valence-electron chi connectivity index (χ2n) is 3.40. The fourth-order valence-corrected chi connectivity index (χ4v) is 1.87. The van der Waals surface area contributed by atoms with Crippen LogP contribution in [-0.4, -0.2) is 0 Å². The van der Waals surface area contributed by atoms with Gasteiger partial charge in [-0.15, -0.1) is 22.8 Å². The van der Waals surface area contributed by atoms with E-state index in [1.165, 1.54) is 22.3 Å². The van der Waals surface area contributed by atoms with Crippen LogP contribution in [0.5, 0.6) is 0 Å². The Hall–Kier alpha value is 0.293.